The fraction of sp³-hybridized carbons (Fsp3) is 0.407. The predicted molar refractivity (Wildman–Crippen MR) is 143 cm³/mol. The van der Waals surface area contributed by atoms with E-state index in [9.17, 15) is 4.79 Å². The Morgan fingerprint density at radius 1 is 1.20 bits per heavy atom. The summed E-state index contributed by atoms with van der Waals surface area (Å²) in [6.45, 7) is 4.04. The van der Waals surface area contributed by atoms with Crippen LogP contribution in [0.4, 0.5) is 0 Å². The van der Waals surface area contributed by atoms with Crippen molar-refractivity contribution >= 4 is 39.8 Å². The largest absolute Gasteiger partial charge is 0.497 e. The van der Waals surface area contributed by atoms with E-state index in [0.717, 1.165) is 52.2 Å². The van der Waals surface area contributed by atoms with E-state index in [-0.39, 0.29) is 17.3 Å². The molecule has 3 aliphatic rings. The van der Waals surface area contributed by atoms with Gasteiger partial charge in [0.25, 0.3) is 5.91 Å². The number of carbonyl (C=O) groups excluding carboxylic acids is 1. The maximum Gasteiger partial charge on any atom is 0.283 e. The lowest BCUT2D eigenvalue weighted by atomic mass is 9.86. The minimum absolute atomic E-state index is 0.0892. The highest BCUT2D eigenvalue weighted by Gasteiger charge is 2.35. The van der Waals surface area contributed by atoms with Gasteiger partial charge in [-0.2, -0.15) is 15.1 Å². The maximum atomic E-state index is 12.9. The molecule has 35 heavy (non-hydrogen) atoms. The van der Waals surface area contributed by atoms with Gasteiger partial charge in [0.1, 0.15) is 10.8 Å². The molecule has 0 bridgehead atoms. The summed E-state index contributed by atoms with van der Waals surface area (Å²) < 4.78 is 7.50. The van der Waals surface area contributed by atoms with E-state index in [4.69, 9.17) is 10.1 Å². The van der Waals surface area contributed by atoms with Crippen molar-refractivity contribution in [1.29, 1.82) is 5.41 Å². The molecule has 1 saturated carbocycles. The van der Waals surface area contributed by atoms with Crippen LogP contribution in [0, 0.1) is 25.2 Å². The van der Waals surface area contributed by atoms with Gasteiger partial charge in [-0.1, -0.05) is 38.2 Å². The molecule has 3 heterocycles. The van der Waals surface area contributed by atoms with Gasteiger partial charge in [-0.3, -0.25) is 10.2 Å². The smallest absolute Gasteiger partial charge is 0.283 e. The SMILES string of the molecule is COc1cccc(-n2c(C)cc(/C=C3\C(=N)N4N=C(CCC5CCCCC5)SC4=NC3=O)c2C)c1. The third kappa shape index (κ3) is 4.72. The maximum absolute atomic E-state index is 12.9. The van der Waals surface area contributed by atoms with E-state index in [1.54, 1.807) is 13.2 Å². The van der Waals surface area contributed by atoms with Crippen LogP contribution >= 0.6 is 11.8 Å². The number of aryl methyl sites for hydroxylation is 1. The third-order valence-electron chi connectivity index (χ3n) is 7.07. The Morgan fingerprint density at radius 2 is 2.00 bits per heavy atom. The summed E-state index contributed by atoms with van der Waals surface area (Å²) in [5, 5.41) is 16.4. The van der Waals surface area contributed by atoms with Crippen molar-refractivity contribution in [3.8, 4) is 11.4 Å². The number of hydrazone groups is 1. The van der Waals surface area contributed by atoms with E-state index in [1.807, 2.05) is 44.2 Å². The fourth-order valence-corrected chi connectivity index (χ4v) is 6.07. The number of fused-ring (bicyclic) bond motifs is 1. The third-order valence-corrected chi connectivity index (χ3v) is 8.04. The van der Waals surface area contributed by atoms with Crippen LogP contribution in [0.1, 0.15) is 61.9 Å². The zero-order valence-corrected chi connectivity index (χ0v) is 21.3. The Labute approximate surface area is 210 Å². The van der Waals surface area contributed by atoms with Gasteiger partial charge in [0.15, 0.2) is 5.84 Å². The van der Waals surface area contributed by atoms with Gasteiger partial charge in [-0.25, -0.2) is 0 Å². The lowest BCUT2D eigenvalue weighted by Crippen LogP contribution is -2.35. The Balaban J connectivity index is 1.38. The fourth-order valence-electron chi connectivity index (χ4n) is 5.17. The number of benzene rings is 1. The number of amides is 1. The van der Waals surface area contributed by atoms with Crippen LogP contribution in [0.25, 0.3) is 11.8 Å². The average Bonchev–Trinajstić information content (AvgIpc) is 3.40. The Morgan fingerprint density at radius 3 is 2.77 bits per heavy atom. The number of amidine groups is 2. The molecular weight excluding hydrogens is 458 g/mol. The number of rotatable bonds is 6. The molecule has 2 aromatic rings. The minimum atomic E-state index is -0.385. The quantitative estimate of drug-likeness (QED) is 0.498. The van der Waals surface area contributed by atoms with Crippen LogP contribution in [-0.2, 0) is 4.79 Å². The van der Waals surface area contributed by atoms with Crippen molar-refractivity contribution in [2.24, 2.45) is 16.0 Å². The molecule has 1 amide bonds. The van der Waals surface area contributed by atoms with Gasteiger partial charge >= 0.3 is 0 Å². The van der Waals surface area contributed by atoms with Crippen LogP contribution in [0.5, 0.6) is 5.75 Å². The lowest BCUT2D eigenvalue weighted by Gasteiger charge is -2.20. The van der Waals surface area contributed by atoms with Crippen LogP contribution in [0.2, 0.25) is 0 Å². The highest BCUT2D eigenvalue weighted by atomic mass is 32.2. The highest BCUT2D eigenvalue weighted by Crippen LogP contribution is 2.34. The number of thioether (sulfide) groups is 1. The van der Waals surface area contributed by atoms with Gasteiger partial charge < -0.3 is 9.30 Å². The normalized spacial score (nSPS) is 19.7. The Kier molecular flexibility index (Phi) is 6.65. The van der Waals surface area contributed by atoms with Gasteiger partial charge in [0.05, 0.1) is 12.7 Å². The number of carbonyl (C=O) groups is 1. The molecule has 1 aromatic heterocycles. The number of hydrogen-bond acceptors (Lipinski definition) is 5. The highest BCUT2D eigenvalue weighted by molar-refractivity contribution is 8.26. The van der Waals surface area contributed by atoms with Gasteiger partial charge in [0, 0.05) is 23.1 Å². The first-order valence-corrected chi connectivity index (χ1v) is 13.1. The standard InChI is InChI=1S/C27H31N5O2S/c1-17-14-20(18(2)31(17)21-10-7-11-22(16-21)34-3)15-23-25(28)32-27(29-26(23)33)35-24(30-32)13-12-19-8-5-4-6-9-19/h7,10-11,14-16,19,28H,4-6,8-9,12-13H2,1-3H3/b23-15+,28-25?. The first-order chi connectivity index (χ1) is 16.9. The average molecular weight is 490 g/mol. The van der Waals surface area contributed by atoms with Crippen LogP contribution < -0.4 is 4.74 Å². The van der Waals surface area contributed by atoms with Crippen molar-refractivity contribution in [3.05, 3.63) is 52.9 Å². The van der Waals surface area contributed by atoms with Crippen molar-refractivity contribution in [2.75, 3.05) is 7.11 Å². The number of nitrogens with one attached hydrogen (secondary N) is 1. The van der Waals surface area contributed by atoms with Crippen molar-refractivity contribution in [2.45, 2.75) is 58.8 Å². The van der Waals surface area contributed by atoms with E-state index in [2.05, 4.69) is 14.7 Å². The summed E-state index contributed by atoms with van der Waals surface area (Å²) >= 11 is 1.43. The number of methoxy groups -OCH3 is 1. The Bertz CT molecular complexity index is 1270. The number of ether oxygens (including phenoxy) is 1. The topological polar surface area (TPSA) is 83.0 Å². The van der Waals surface area contributed by atoms with Gasteiger partial charge in [0.2, 0.25) is 5.17 Å². The monoisotopic (exact) mass is 489 g/mol. The van der Waals surface area contributed by atoms with Crippen molar-refractivity contribution in [1.82, 2.24) is 9.58 Å². The van der Waals surface area contributed by atoms with Crippen LogP contribution in [-0.4, -0.2) is 38.6 Å². The first-order valence-electron chi connectivity index (χ1n) is 12.3. The number of aromatic nitrogens is 1. The zero-order valence-electron chi connectivity index (χ0n) is 20.5. The second-order valence-electron chi connectivity index (χ2n) is 9.42. The second-order valence-corrected chi connectivity index (χ2v) is 10.5. The molecule has 2 aliphatic heterocycles. The molecule has 0 atom stereocenters. The molecule has 182 valence electrons. The summed E-state index contributed by atoms with van der Waals surface area (Å²) in [4.78, 5) is 17.2. The first kappa shape index (κ1) is 23.6. The molecule has 1 N–H and O–H groups in total. The van der Waals surface area contributed by atoms with Crippen molar-refractivity contribution in [3.63, 3.8) is 0 Å². The van der Waals surface area contributed by atoms with Gasteiger partial charge in [-0.05, 0) is 74.2 Å². The number of hydrogen-bond donors (Lipinski definition) is 1. The molecule has 7 nitrogen and oxygen atoms in total. The summed E-state index contributed by atoms with van der Waals surface area (Å²) in [7, 11) is 1.65. The summed E-state index contributed by atoms with van der Waals surface area (Å²) in [5.41, 5.74) is 4.13. The van der Waals surface area contributed by atoms with Crippen LogP contribution in [0.15, 0.2) is 46.0 Å². The lowest BCUT2D eigenvalue weighted by molar-refractivity contribution is -0.114. The molecular formula is C27H31N5O2S. The summed E-state index contributed by atoms with van der Waals surface area (Å²) in [6, 6.07) is 9.90. The van der Waals surface area contributed by atoms with Crippen molar-refractivity contribution < 1.29 is 9.53 Å². The molecule has 5 rings (SSSR count). The summed E-state index contributed by atoms with van der Waals surface area (Å²) in [6.07, 6.45) is 10.4. The van der Waals surface area contributed by atoms with E-state index in [1.165, 1.54) is 48.9 Å². The van der Waals surface area contributed by atoms with E-state index in [0.29, 0.717) is 5.17 Å². The molecule has 1 aromatic carbocycles. The minimum Gasteiger partial charge on any atom is -0.497 e. The molecule has 1 aliphatic carbocycles. The molecule has 8 heteroatoms. The zero-order chi connectivity index (χ0) is 24.5. The molecule has 0 spiro atoms. The van der Waals surface area contributed by atoms with Gasteiger partial charge in [-0.15, -0.1) is 0 Å². The molecule has 0 unspecified atom stereocenters. The van der Waals surface area contributed by atoms with E-state index < -0.39 is 0 Å². The second kappa shape index (κ2) is 9.85. The molecule has 0 radical (unpaired) electrons. The predicted octanol–water partition coefficient (Wildman–Crippen LogP) is 6.08. The van der Waals surface area contributed by atoms with E-state index >= 15 is 0 Å². The molecule has 0 saturated heterocycles. The number of nitrogens with zero attached hydrogens (tertiary/aromatic N) is 4. The van der Waals surface area contributed by atoms with Crippen LogP contribution in [0.3, 0.4) is 0 Å². The Hall–Kier alpha value is -3.13. The molecule has 1 fully saturated rings. The summed E-state index contributed by atoms with van der Waals surface area (Å²) in [5.74, 6) is 1.25. The number of aliphatic imine (C=N–C) groups is 1.